The number of rotatable bonds is 5. The van der Waals surface area contributed by atoms with Gasteiger partial charge in [-0.2, -0.15) is 0 Å². The molecule has 3 rings (SSSR count). The van der Waals surface area contributed by atoms with E-state index in [1.807, 2.05) is 24.3 Å². The molecule has 0 aliphatic carbocycles. The molecule has 1 aromatic carbocycles. The average molecular weight is 302 g/mol. The number of hydrogen-bond acceptors (Lipinski definition) is 6. The monoisotopic (exact) mass is 302 g/mol. The van der Waals surface area contributed by atoms with Crippen molar-refractivity contribution in [2.75, 3.05) is 12.9 Å². The van der Waals surface area contributed by atoms with Crippen molar-refractivity contribution in [2.45, 2.75) is 18.0 Å². The molecule has 0 atom stereocenters. The Balaban J connectivity index is 1.75. The van der Waals surface area contributed by atoms with Crippen LogP contribution in [0.15, 0.2) is 35.7 Å². The van der Waals surface area contributed by atoms with E-state index < -0.39 is 0 Å². The van der Waals surface area contributed by atoms with Crippen molar-refractivity contribution in [2.24, 2.45) is 0 Å². The first-order chi connectivity index (χ1) is 10.3. The van der Waals surface area contributed by atoms with Gasteiger partial charge in [0.25, 0.3) is 0 Å². The highest BCUT2D eigenvalue weighted by Crippen LogP contribution is 2.20. The maximum absolute atomic E-state index is 11.0. The molecule has 108 valence electrons. The SMILES string of the molecule is COC(=O)CCCSc1nc2c3ccccc3ncn2n1. The molecule has 2 aromatic heterocycles. The predicted molar refractivity (Wildman–Crippen MR) is 80.3 cm³/mol. The summed E-state index contributed by atoms with van der Waals surface area (Å²) >= 11 is 1.53. The fourth-order valence-electron chi connectivity index (χ4n) is 2.00. The lowest BCUT2D eigenvalue weighted by Crippen LogP contribution is -2.00. The summed E-state index contributed by atoms with van der Waals surface area (Å²) in [6, 6.07) is 7.85. The third-order valence-electron chi connectivity index (χ3n) is 3.05. The van der Waals surface area contributed by atoms with E-state index in [0.29, 0.717) is 11.6 Å². The molecule has 3 aromatic rings. The molecule has 0 amide bonds. The first kappa shape index (κ1) is 13.8. The summed E-state index contributed by atoms with van der Waals surface area (Å²) in [6.07, 6.45) is 2.83. The number of ether oxygens (including phenoxy) is 1. The molecule has 0 saturated heterocycles. The fraction of sp³-hybridized carbons (Fsp3) is 0.286. The Morgan fingerprint density at radius 3 is 3.10 bits per heavy atom. The smallest absolute Gasteiger partial charge is 0.305 e. The van der Waals surface area contributed by atoms with Gasteiger partial charge in [0, 0.05) is 17.6 Å². The summed E-state index contributed by atoms with van der Waals surface area (Å²) < 4.78 is 6.29. The van der Waals surface area contributed by atoms with E-state index in [9.17, 15) is 4.79 Å². The molecule has 0 fully saturated rings. The first-order valence-electron chi connectivity index (χ1n) is 6.57. The van der Waals surface area contributed by atoms with Gasteiger partial charge in [-0.3, -0.25) is 4.79 Å². The van der Waals surface area contributed by atoms with Crippen LogP contribution in [0, 0.1) is 0 Å². The zero-order chi connectivity index (χ0) is 14.7. The molecule has 21 heavy (non-hydrogen) atoms. The van der Waals surface area contributed by atoms with Gasteiger partial charge in [-0.25, -0.2) is 14.5 Å². The van der Waals surface area contributed by atoms with Crippen LogP contribution in [-0.4, -0.2) is 38.4 Å². The zero-order valence-corrected chi connectivity index (χ0v) is 12.3. The van der Waals surface area contributed by atoms with Crippen LogP contribution < -0.4 is 0 Å². The van der Waals surface area contributed by atoms with Gasteiger partial charge in [-0.1, -0.05) is 23.9 Å². The third kappa shape index (κ3) is 2.97. The van der Waals surface area contributed by atoms with Crippen LogP contribution in [0.25, 0.3) is 16.6 Å². The van der Waals surface area contributed by atoms with Gasteiger partial charge < -0.3 is 4.74 Å². The molecule has 2 heterocycles. The Bertz CT molecular complexity index is 787. The van der Waals surface area contributed by atoms with E-state index in [1.165, 1.54) is 18.9 Å². The van der Waals surface area contributed by atoms with Crippen LogP contribution in [-0.2, 0) is 9.53 Å². The van der Waals surface area contributed by atoms with Gasteiger partial charge in [0.2, 0.25) is 5.16 Å². The van der Waals surface area contributed by atoms with Crippen LogP contribution in [0.1, 0.15) is 12.8 Å². The highest BCUT2D eigenvalue weighted by molar-refractivity contribution is 7.99. The number of carbonyl (C=O) groups is 1. The lowest BCUT2D eigenvalue weighted by Gasteiger charge is -1.97. The molecule has 7 heteroatoms. The van der Waals surface area contributed by atoms with Gasteiger partial charge >= 0.3 is 5.97 Å². The summed E-state index contributed by atoms with van der Waals surface area (Å²) in [4.78, 5) is 19.9. The Labute approximate surface area is 125 Å². The summed E-state index contributed by atoms with van der Waals surface area (Å²) in [7, 11) is 1.40. The highest BCUT2D eigenvalue weighted by atomic mass is 32.2. The van der Waals surface area contributed by atoms with Crippen molar-refractivity contribution in [3.63, 3.8) is 0 Å². The van der Waals surface area contributed by atoms with Gasteiger partial charge in [0.15, 0.2) is 5.65 Å². The third-order valence-corrected chi connectivity index (χ3v) is 3.97. The summed E-state index contributed by atoms with van der Waals surface area (Å²) in [6.45, 7) is 0. The van der Waals surface area contributed by atoms with Crippen molar-refractivity contribution in [3.8, 4) is 0 Å². The number of thioether (sulfide) groups is 1. The van der Waals surface area contributed by atoms with Gasteiger partial charge in [0.05, 0.1) is 12.6 Å². The molecular formula is C14H14N4O2S. The molecule has 0 spiro atoms. The second-order valence-electron chi connectivity index (χ2n) is 4.45. The Kier molecular flexibility index (Phi) is 4.01. The van der Waals surface area contributed by atoms with Crippen LogP contribution in [0.4, 0.5) is 0 Å². The number of nitrogens with zero attached hydrogens (tertiary/aromatic N) is 4. The Morgan fingerprint density at radius 2 is 2.24 bits per heavy atom. The minimum absolute atomic E-state index is 0.186. The number of methoxy groups -OCH3 is 1. The average Bonchev–Trinajstić information content (AvgIpc) is 2.94. The van der Waals surface area contributed by atoms with E-state index in [1.54, 1.807) is 10.8 Å². The molecular weight excluding hydrogens is 288 g/mol. The number of esters is 1. The minimum Gasteiger partial charge on any atom is -0.469 e. The van der Waals surface area contributed by atoms with Crippen molar-refractivity contribution in [1.29, 1.82) is 0 Å². The molecule has 0 saturated carbocycles. The minimum atomic E-state index is -0.186. The zero-order valence-electron chi connectivity index (χ0n) is 11.5. The van der Waals surface area contributed by atoms with Crippen LogP contribution in [0.2, 0.25) is 0 Å². The number of fused-ring (bicyclic) bond motifs is 3. The lowest BCUT2D eigenvalue weighted by atomic mass is 10.2. The normalized spacial score (nSPS) is 11.1. The van der Waals surface area contributed by atoms with Crippen molar-refractivity contribution in [3.05, 3.63) is 30.6 Å². The van der Waals surface area contributed by atoms with Crippen molar-refractivity contribution >= 4 is 34.3 Å². The van der Waals surface area contributed by atoms with E-state index in [0.717, 1.165) is 28.7 Å². The molecule has 0 radical (unpaired) electrons. The van der Waals surface area contributed by atoms with E-state index in [-0.39, 0.29) is 5.97 Å². The quantitative estimate of drug-likeness (QED) is 0.409. The highest BCUT2D eigenvalue weighted by Gasteiger charge is 2.08. The van der Waals surface area contributed by atoms with Crippen LogP contribution in [0.5, 0.6) is 0 Å². The van der Waals surface area contributed by atoms with Crippen LogP contribution in [0.3, 0.4) is 0 Å². The molecule has 0 aliphatic heterocycles. The van der Waals surface area contributed by atoms with E-state index in [4.69, 9.17) is 0 Å². The molecule has 0 unspecified atom stereocenters. The van der Waals surface area contributed by atoms with E-state index >= 15 is 0 Å². The molecule has 0 N–H and O–H groups in total. The second-order valence-corrected chi connectivity index (χ2v) is 5.51. The van der Waals surface area contributed by atoms with E-state index in [2.05, 4.69) is 19.8 Å². The fourth-order valence-corrected chi connectivity index (χ4v) is 2.77. The molecule has 0 aliphatic rings. The Hall–Kier alpha value is -2.15. The van der Waals surface area contributed by atoms with Gasteiger partial charge in [0.1, 0.15) is 6.33 Å². The second kappa shape index (κ2) is 6.09. The maximum atomic E-state index is 11.0. The summed E-state index contributed by atoms with van der Waals surface area (Å²) in [5.41, 5.74) is 1.70. The molecule has 6 nitrogen and oxygen atoms in total. The maximum Gasteiger partial charge on any atom is 0.305 e. The number of benzene rings is 1. The van der Waals surface area contributed by atoms with Gasteiger partial charge in [-0.05, 0) is 18.6 Å². The number of hydrogen-bond donors (Lipinski definition) is 0. The van der Waals surface area contributed by atoms with Gasteiger partial charge in [-0.15, -0.1) is 5.10 Å². The predicted octanol–water partition coefficient (Wildman–Crippen LogP) is 2.32. The summed E-state index contributed by atoms with van der Waals surface area (Å²) in [5.74, 6) is 0.589. The number of carbonyl (C=O) groups excluding carboxylic acids is 1. The lowest BCUT2D eigenvalue weighted by molar-refractivity contribution is -0.140. The largest absolute Gasteiger partial charge is 0.469 e. The standard InChI is InChI=1S/C14H14N4O2S/c1-20-12(19)7-4-8-21-14-16-13-10-5-2-3-6-11(10)15-9-18(13)17-14/h2-3,5-6,9H,4,7-8H2,1H3. The van der Waals surface area contributed by atoms with Crippen molar-refractivity contribution in [1.82, 2.24) is 19.6 Å². The van der Waals surface area contributed by atoms with Crippen LogP contribution >= 0.6 is 11.8 Å². The van der Waals surface area contributed by atoms with Crippen molar-refractivity contribution < 1.29 is 9.53 Å². The topological polar surface area (TPSA) is 69.4 Å². The molecule has 0 bridgehead atoms. The first-order valence-corrected chi connectivity index (χ1v) is 7.56. The number of aromatic nitrogens is 4. The Morgan fingerprint density at radius 1 is 1.38 bits per heavy atom. The summed E-state index contributed by atoms with van der Waals surface area (Å²) in [5, 5.41) is 6.06. The number of para-hydroxylation sites is 1.